The largest absolute Gasteiger partial charge is 0.443 e. The highest BCUT2D eigenvalue weighted by Crippen LogP contribution is 2.65. The van der Waals surface area contributed by atoms with Crippen molar-refractivity contribution in [2.45, 2.75) is 63.0 Å². The zero-order valence-electron chi connectivity index (χ0n) is 27.1. The highest BCUT2D eigenvalue weighted by atomic mass is 35.5. The van der Waals surface area contributed by atoms with Gasteiger partial charge in [-0.2, -0.15) is 4.90 Å². The molecule has 2 atom stereocenters. The Morgan fingerprint density at radius 2 is 1.32 bits per heavy atom. The van der Waals surface area contributed by atoms with Crippen LogP contribution in [-0.4, -0.2) is 39.5 Å². The molecule has 0 heterocycles. The standard InChI is InChI=1S/C33H29Cl6F2N3O6/c1-31(2,3)49-29(47)44(30(48)50-32(4,5)6)26-20(40)9-10-21(25(26)41)43-27(45)16-13-15(7-8-17(16)34)42-28(46)23-22(33(23,38)39)14-11-18(35)24(37)19(36)12-14/h7-13,22-23H,1-6H3,(H,42,46)(H,43,45)/t22?,23-/m1/s1. The summed E-state index contributed by atoms with van der Waals surface area (Å²) >= 11 is 37.5. The molecule has 0 spiro atoms. The molecule has 1 fully saturated rings. The van der Waals surface area contributed by atoms with Crippen molar-refractivity contribution in [3.05, 3.63) is 85.3 Å². The Bertz CT molecular complexity index is 1850. The second-order valence-electron chi connectivity index (χ2n) is 13.1. The van der Waals surface area contributed by atoms with Gasteiger partial charge in [0.2, 0.25) is 5.91 Å². The summed E-state index contributed by atoms with van der Waals surface area (Å²) in [5.41, 5.74) is -3.80. The van der Waals surface area contributed by atoms with Crippen molar-refractivity contribution >= 4 is 111 Å². The molecular weight excluding hydrogens is 785 g/mol. The van der Waals surface area contributed by atoms with E-state index in [0.29, 0.717) is 5.56 Å². The summed E-state index contributed by atoms with van der Waals surface area (Å²) in [6.07, 6.45) is -2.87. The molecular formula is C33H29Cl6F2N3O6. The summed E-state index contributed by atoms with van der Waals surface area (Å²) in [5.74, 6) is -6.12. The quantitative estimate of drug-likeness (QED) is 0.189. The molecule has 0 bridgehead atoms. The van der Waals surface area contributed by atoms with Crippen LogP contribution < -0.4 is 15.5 Å². The van der Waals surface area contributed by atoms with Crippen LogP contribution in [0.1, 0.15) is 63.4 Å². The van der Waals surface area contributed by atoms with Crippen LogP contribution in [0, 0.1) is 17.6 Å². The molecule has 4 amide bonds. The molecule has 4 rings (SSSR count). The van der Waals surface area contributed by atoms with Gasteiger partial charge in [0, 0.05) is 11.6 Å². The number of alkyl halides is 2. The van der Waals surface area contributed by atoms with E-state index in [9.17, 15) is 19.2 Å². The van der Waals surface area contributed by atoms with Crippen molar-refractivity contribution in [1.82, 2.24) is 0 Å². The molecule has 0 aliphatic heterocycles. The average molecular weight is 814 g/mol. The fraction of sp³-hybridized carbons (Fsp3) is 0.333. The third-order valence-corrected chi connectivity index (χ3v) is 9.34. The van der Waals surface area contributed by atoms with Gasteiger partial charge in [-0.05, 0) is 89.6 Å². The first-order valence-electron chi connectivity index (χ1n) is 14.6. The molecule has 1 unspecified atom stereocenters. The molecule has 9 nitrogen and oxygen atoms in total. The van der Waals surface area contributed by atoms with Crippen molar-refractivity contribution in [3.8, 4) is 0 Å². The fourth-order valence-corrected chi connectivity index (χ4v) is 6.37. The molecule has 268 valence electrons. The predicted octanol–water partition coefficient (Wildman–Crippen LogP) is 11.0. The van der Waals surface area contributed by atoms with Gasteiger partial charge in [-0.25, -0.2) is 18.4 Å². The molecule has 2 N–H and O–H groups in total. The van der Waals surface area contributed by atoms with E-state index in [2.05, 4.69) is 10.6 Å². The topological polar surface area (TPSA) is 114 Å². The molecule has 50 heavy (non-hydrogen) atoms. The maximum absolute atomic E-state index is 16.0. The van der Waals surface area contributed by atoms with Gasteiger partial charge in [-0.15, -0.1) is 23.2 Å². The third-order valence-electron chi connectivity index (χ3n) is 6.87. The molecule has 0 aromatic heterocycles. The molecule has 0 radical (unpaired) electrons. The molecule has 0 saturated heterocycles. The SMILES string of the molecule is CC(C)(C)OC(=O)N(C(=O)OC(C)(C)C)c1c(F)ccc(NC(=O)c2cc(NC(=O)[C@H]3C(c4cc(Cl)c(Cl)c(Cl)c4)C3(Cl)Cl)ccc2Cl)c1F. The Morgan fingerprint density at radius 3 is 1.84 bits per heavy atom. The van der Waals surface area contributed by atoms with Crippen molar-refractivity contribution in [1.29, 1.82) is 0 Å². The lowest BCUT2D eigenvalue weighted by Gasteiger charge is -2.29. The van der Waals surface area contributed by atoms with Gasteiger partial charge in [0.25, 0.3) is 5.91 Å². The Labute approximate surface area is 316 Å². The maximum atomic E-state index is 16.0. The van der Waals surface area contributed by atoms with Crippen LogP contribution in [0.2, 0.25) is 20.1 Å². The highest BCUT2D eigenvalue weighted by molar-refractivity contribution is 6.54. The number of nitrogens with zero attached hydrogens (tertiary/aromatic N) is 1. The number of hydrogen-bond donors (Lipinski definition) is 2. The number of benzene rings is 3. The second-order valence-corrected chi connectivity index (χ2v) is 16.2. The number of rotatable bonds is 6. The summed E-state index contributed by atoms with van der Waals surface area (Å²) in [4.78, 5) is 52.8. The third kappa shape index (κ3) is 8.86. The monoisotopic (exact) mass is 811 g/mol. The number of anilines is 3. The number of imide groups is 1. The van der Waals surface area contributed by atoms with Crippen LogP contribution in [0.15, 0.2) is 42.5 Å². The number of carbonyl (C=O) groups excluding carboxylic acids is 4. The van der Waals surface area contributed by atoms with E-state index in [4.69, 9.17) is 79.1 Å². The van der Waals surface area contributed by atoms with E-state index in [1.807, 2.05) is 0 Å². The summed E-state index contributed by atoms with van der Waals surface area (Å²) < 4.78 is 40.0. The summed E-state index contributed by atoms with van der Waals surface area (Å²) in [6, 6.07) is 8.48. The van der Waals surface area contributed by atoms with E-state index in [-0.39, 0.29) is 36.2 Å². The van der Waals surface area contributed by atoms with Crippen molar-refractivity contribution in [2.24, 2.45) is 5.92 Å². The number of halogens is 8. The Morgan fingerprint density at radius 1 is 0.780 bits per heavy atom. The minimum atomic E-state index is -1.53. The van der Waals surface area contributed by atoms with E-state index < -0.39 is 74.4 Å². The van der Waals surface area contributed by atoms with Crippen LogP contribution in [0.25, 0.3) is 0 Å². The minimum Gasteiger partial charge on any atom is -0.443 e. The summed E-state index contributed by atoms with van der Waals surface area (Å²) in [6.45, 7) is 8.91. The minimum absolute atomic E-state index is 0.0603. The van der Waals surface area contributed by atoms with Crippen molar-refractivity contribution in [3.63, 3.8) is 0 Å². The van der Waals surface area contributed by atoms with Crippen LogP contribution in [-0.2, 0) is 14.3 Å². The zero-order valence-corrected chi connectivity index (χ0v) is 31.7. The molecule has 1 aliphatic rings. The van der Waals surface area contributed by atoms with Crippen molar-refractivity contribution < 1.29 is 37.4 Å². The lowest BCUT2D eigenvalue weighted by molar-refractivity contribution is -0.117. The maximum Gasteiger partial charge on any atom is 0.424 e. The number of nitrogens with one attached hydrogen (secondary N) is 2. The summed E-state index contributed by atoms with van der Waals surface area (Å²) in [7, 11) is 0. The first-order valence-corrected chi connectivity index (χ1v) is 16.9. The zero-order chi connectivity index (χ0) is 37.7. The van der Waals surface area contributed by atoms with Crippen LogP contribution >= 0.6 is 69.6 Å². The first-order chi connectivity index (χ1) is 22.9. The molecule has 1 aliphatic carbocycles. The molecule has 1 saturated carbocycles. The summed E-state index contributed by atoms with van der Waals surface area (Å²) in [5, 5.41) is 5.18. The Hall–Kier alpha value is -3.06. The number of hydrogen-bond acceptors (Lipinski definition) is 6. The lowest BCUT2D eigenvalue weighted by atomic mass is 10.1. The van der Waals surface area contributed by atoms with E-state index in [0.717, 1.165) is 12.1 Å². The van der Waals surface area contributed by atoms with Gasteiger partial charge >= 0.3 is 12.2 Å². The number of ether oxygens (including phenoxy) is 2. The van der Waals surface area contributed by atoms with E-state index in [1.54, 1.807) is 0 Å². The normalized spacial score (nSPS) is 16.7. The number of amides is 4. The van der Waals surface area contributed by atoms with Crippen molar-refractivity contribution in [2.75, 3.05) is 15.5 Å². The molecule has 3 aromatic rings. The van der Waals surface area contributed by atoms with E-state index in [1.165, 1.54) is 71.9 Å². The Balaban J connectivity index is 1.60. The van der Waals surface area contributed by atoms with Crippen LogP contribution in [0.3, 0.4) is 0 Å². The fourth-order valence-electron chi connectivity index (χ4n) is 4.72. The van der Waals surface area contributed by atoms with E-state index >= 15 is 8.78 Å². The lowest BCUT2D eigenvalue weighted by Crippen LogP contribution is -2.44. The molecule has 17 heteroatoms. The highest BCUT2D eigenvalue weighted by Gasteiger charge is 2.67. The van der Waals surface area contributed by atoms with Crippen LogP contribution in [0.5, 0.6) is 0 Å². The van der Waals surface area contributed by atoms with Gasteiger partial charge in [0.15, 0.2) is 11.6 Å². The van der Waals surface area contributed by atoms with Gasteiger partial charge in [-0.3, -0.25) is 9.59 Å². The Kier molecular flexibility index (Phi) is 11.5. The smallest absolute Gasteiger partial charge is 0.424 e. The second kappa shape index (κ2) is 14.5. The number of carbonyl (C=O) groups is 4. The molecule has 3 aromatic carbocycles. The average Bonchev–Trinajstić information content (AvgIpc) is 3.55. The van der Waals surface area contributed by atoms with Gasteiger partial charge in [-0.1, -0.05) is 46.4 Å². The van der Waals surface area contributed by atoms with Gasteiger partial charge in [0.1, 0.15) is 21.2 Å². The first kappa shape index (κ1) is 39.7. The van der Waals surface area contributed by atoms with Crippen LogP contribution in [0.4, 0.5) is 35.4 Å². The predicted molar refractivity (Wildman–Crippen MR) is 191 cm³/mol. The van der Waals surface area contributed by atoms with Gasteiger partial charge < -0.3 is 20.1 Å². The van der Waals surface area contributed by atoms with Gasteiger partial charge in [0.05, 0.1) is 37.3 Å².